The zero-order valence-corrected chi connectivity index (χ0v) is 14.7. The smallest absolute Gasteiger partial charge is 0.184 e. The van der Waals surface area contributed by atoms with Crippen molar-refractivity contribution < 1.29 is 0 Å². The van der Waals surface area contributed by atoms with Gasteiger partial charge in [-0.25, -0.2) is 9.97 Å². The Bertz CT molecular complexity index is 929. The zero-order chi connectivity index (χ0) is 16.8. The van der Waals surface area contributed by atoms with Crippen LogP contribution in [-0.2, 0) is 0 Å². The molecule has 0 amide bonds. The third-order valence-corrected chi connectivity index (χ3v) is 5.76. The van der Waals surface area contributed by atoms with Gasteiger partial charge in [0.05, 0.1) is 17.1 Å². The van der Waals surface area contributed by atoms with E-state index in [2.05, 4.69) is 26.2 Å². The van der Waals surface area contributed by atoms with E-state index >= 15 is 0 Å². The second-order valence-corrected chi connectivity index (χ2v) is 7.50. The average molecular weight is 354 g/mol. The Kier molecular flexibility index (Phi) is 3.63. The molecule has 1 atom stereocenters. The van der Waals surface area contributed by atoms with Crippen LogP contribution in [0.2, 0.25) is 5.02 Å². The van der Waals surface area contributed by atoms with Crippen LogP contribution in [0, 0.1) is 0 Å². The lowest BCUT2D eigenvalue weighted by Crippen LogP contribution is -2.13. The van der Waals surface area contributed by atoms with Gasteiger partial charge in [-0.05, 0) is 36.6 Å². The fourth-order valence-corrected chi connectivity index (χ4v) is 4.41. The van der Waals surface area contributed by atoms with Gasteiger partial charge in [-0.2, -0.15) is 5.10 Å². The van der Waals surface area contributed by atoms with E-state index in [1.54, 1.807) is 6.33 Å². The summed E-state index contributed by atoms with van der Waals surface area (Å²) < 4.78 is 2.13. The van der Waals surface area contributed by atoms with Crippen LogP contribution >= 0.6 is 11.6 Å². The third kappa shape index (κ3) is 2.58. The maximum atomic E-state index is 6.22. The van der Waals surface area contributed by atoms with E-state index in [0.29, 0.717) is 6.04 Å². The number of nitrogens with one attached hydrogen (secondary N) is 1. The molecule has 0 saturated heterocycles. The van der Waals surface area contributed by atoms with E-state index in [0.717, 1.165) is 34.0 Å². The molecule has 0 spiro atoms. The molecule has 1 N–H and O–H groups in total. The molecule has 5 nitrogen and oxygen atoms in total. The van der Waals surface area contributed by atoms with Gasteiger partial charge < -0.3 is 5.32 Å². The third-order valence-electron chi connectivity index (χ3n) is 5.53. The van der Waals surface area contributed by atoms with E-state index < -0.39 is 0 Å². The number of rotatable bonds is 2. The van der Waals surface area contributed by atoms with Crippen LogP contribution in [0.4, 0.5) is 5.69 Å². The molecule has 0 bridgehead atoms. The van der Waals surface area contributed by atoms with Gasteiger partial charge in [0, 0.05) is 29.4 Å². The number of nitrogens with zero attached hydrogens (tertiary/aromatic N) is 4. The number of fused-ring (bicyclic) bond motifs is 2. The molecule has 1 aliphatic heterocycles. The van der Waals surface area contributed by atoms with Crippen LogP contribution < -0.4 is 5.32 Å². The van der Waals surface area contributed by atoms with Gasteiger partial charge >= 0.3 is 0 Å². The van der Waals surface area contributed by atoms with Crippen molar-refractivity contribution in [1.82, 2.24) is 19.7 Å². The Labute approximate surface area is 151 Å². The molecule has 2 aromatic heterocycles. The highest BCUT2D eigenvalue weighted by atomic mass is 35.5. The summed E-state index contributed by atoms with van der Waals surface area (Å²) in [6, 6.07) is 6.51. The highest BCUT2D eigenvalue weighted by Gasteiger charge is 2.28. The number of halogens is 1. The Hall–Kier alpha value is -2.14. The summed E-state index contributed by atoms with van der Waals surface area (Å²) in [5, 5.41) is 10.0. The first-order chi connectivity index (χ1) is 12.3. The van der Waals surface area contributed by atoms with Crippen molar-refractivity contribution in [2.75, 3.05) is 11.9 Å². The van der Waals surface area contributed by atoms with Crippen LogP contribution in [0.3, 0.4) is 0 Å². The Morgan fingerprint density at radius 1 is 1.12 bits per heavy atom. The van der Waals surface area contributed by atoms with Crippen molar-refractivity contribution in [3.05, 3.63) is 47.0 Å². The number of hydrogen-bond acceptors (Lipinski definition) is 4. The van der Waals surface area contributed by atoms with E-state index in [9.17, 15) is 0 Å². The molecule has 2 aliphatic rings. The summed E-state index contributed by atoms with van der Waals surface area (Å²) >= 11 is 6.22. The first kappa shape index (κ1) is 15.1. The minimum atomic E-state index is 0.184. The zero-order valence-electron chi connectivity index (χ0n) is 14.0. The summed E-state index contributed by atoms with van der Waals surface area (Å²) in [6.07, 6.45) is 10.1. The predicted molar refractivity (Wildman–Crippen MR) is 99.2 cm³/mol. The van der Waals surface area contributed by atoms with E-state index in [-0.39, 0.29) is 5.92 Å². The van der Waals surface area contributed by atoms with Crippen LogP contribution in [0.1, 0.15) is 55.3 Å². The number of anilines is 1. The summed E-state index contributed by atoms with van der Waals surface area (Å²) in [7, 11) is 0. The van der Waals surface area contributed by atoms with Crippen molar-refractivity contribution in [3.8, 4) is 0 Å². The Morgan fingerprint density at radius 3 is 2.88 bits per heavy atom. The molecular formula is C19H20ClN5. The molecule has 128 valence electrons. The number of hydrogen-bond donors (Lipinski definition) is 1. The quantitative estimate of drug-likeness (QED) is 0.734. The maximum absolute atomic E-state index is 6.22. The SMILES string of the molecule is Clc1ccc2c(c1)C(c1ncnc3nn(C4CCCCC4)cc13)CN2. The molecule has 1 unspecified atom stereocenters. The lowest BCUT2D eigenvalue weighted by atomic mass is 9.95. The van der Waals surface area contributed by atoms with E-state index in [1.165, 1.54) is 37.7 Å². The number of benzene rings is 1. The van der Waals surface area contributed by atoms with Gasteiger partial charge in [0.15, 0.2) is 5.65 Å². The highest BCUT2D eigenvalue weighted by molar-refractivity contribution is 6.30. The molecule has 1 aliphatic carbocycles. The summed E-state index contributed by atoms with van der Waals surface area (Å²) in [5.74, 6) is 0.184. The topological polar surface area (TPSA) is 55.6 Å². The lowest BCUT2D eigenvalue weighted by Gasteiger charge is -2.21. The van der Waals surface area contributed by atoms with Crippen molar-refractivity contribution in [1.29, 1.82) is 0 Å². The monoisotopic (exact) mass is 353 g/mol. The molecule has 3 heterocycles. The fourth-order valence-electron chi connectivity index (χ4n) is 4.23. The lowest BCUT2D eigenvalue weighted by molar-refractivity contribution is 0.331. The molecule has 5 rings (SSSR count). The van der Waals surface area contributed by atoms with Gasteiger partial charge in [0.2, 0.25) is 0 Å². The molecular weight excluding hydrogens is 334 g/mol. The molecule has 6 heteroatoms. The van der Waals surface area contributed by atoms with Gasteiger partial charge in [0.1, 0.15) is 6.33 Å². The molecule has 0 radical (unpaired) electrons. The molecule has 3 aromatic rings. The second kappa shape index (κ2) is 5.99. The summed E-state index contributed by atoms with van der Waals surface area (Å²) in [5.41, 5.74) is 4.19. The van der Waals surface area contributed by atoms with Crippen LogP contribution in [0.5, 0.6) is 0 Å². The first-order valence-corrected chi connectivity index (χ1v) is 9.40. The first-order valence-electron chi connectivity index (χ1n) is 9.02. The van der Waals surface area contributed by atoms with E-state index in [4.69, 9.17) is 16.7 Å². The van der Waals surface area contributed by atoms with Crippen LogP contribution in [-0.4, -0.2) is 26.3 Å². The van der Waals surface area contributed by atoms with Crippen molar-refractivity contribution in [3.63, 3.8) is 0 Å². The Morgan fingerprint density at radius 2 is 2.00 bits per heavy atom. The van der Waals surface area contributed by atoms with Crippen molar-refractivity contribution in [2.24, 2.45) is 0 Å². The number of aromatic nitrogens is 4. The molecule has 1 aromatic carbocycles. The van der Waals surface area contributed by atoms with E-state index in [1.807, 2.05) is 18.2 Å². The fraction of sp³-hybridized carbons (Fsp3) is 0.421. The Balaban J connectivity index is 1.58. The van der Waals surface area contributed by atoms with Gasteiger partial charge in [0.25, 0.3) is 0 Å². The molecule has 1 saturated carbocycles. The normalized spacial score (nSPS) is 20.6. The van der Waals surface area contributed by atoms with Gasteiger partial charge in [-0.3, -0.25) is 4.68 Å². The van der Waals surface area contributed by atoms with Crippen molar-refractivity contribution in [2.45, 2.75) is 44.1 Å². The minimum absolute atomic E-state index is 0.184. The second-order valence-electron chi connectivity index (χ2n) is 7.06. The average Bonchev–Trinajstić information content (AvgIpc) is 3.26. The van der Waals surface area contributed by atoms with Crippen LogP contribution in [0.15, 0.2) is 30.7 Å². The summed E-state index contributed by atoms with van der Waals surface area (Å²) in [4.78, 5) is 9.04. The van der Waals surface area contributed by atoms with Gasteiger partial charge in [-0.1, -0.05) is 30.9 Å². The summed E-state index contributed by atoms with van der Waals surface area (Å²) in [6.45, 7) is 0.830. The minimum Gasteiger partial charge on any atom is -0.384 e. The highest BCUT2D eigenvalue weighted by Crippen LogP contribution is 2.39. The largest absolute Gasteiger partial charge is 0.384 e. The standard InChI is InChI=1S/C19H20ClN5/c20-12-6-7-17-14(8-12)15(9-21-17)18-16-10-25(13-4-2-1-3-5-13)24-19(16)23-11-22-18/h6-8,10-11,13,15,21H,1-5,9H2. The molecule has 1 fully saturated rings. The van der Waals surface area contributed by atoms with Crippen LogP contribution in [0.25, 0.3) is 11.0 Å². The van der Waals surface area contributed by atoms with Crippen molar-refractivity contribution >= 4 is 28.3 Å². The maximum Gasteiger partial charge on any atom is 0.184 e. The predicted octanol–water partition coefficient (Wildman–Crippen LogP) is 4.54. The van der Waals surface area contributed by atoms with Gasteiger partial charge in [-0.15, -0.1) is 0 Å². The molecule has 25 heavy (non-hydrogen) atoms.